The number of aliphatic hydroxyl groups is 1. The van der Waals surface area contributed by atoms with Gasteiger partial charge >= 0.3 is 0 Å². The molecule has 0 radical (unpaired) electrons. The van der Waals surface area contributed by atoms with E-state index in [1.165, 1.54) is 0 Å². The van der Waals surface area contributed by atoms with E-state index in [0.717, 1.165) is 18.8 Å². The van der Waals surface area contributed by atoms with E-state index < -0.39 is 0 Å². The molecule has 3 heteroatoms. The van der Waals surface area contributed by atoms with Crippen molar-refractivity contribution in [2.45, 2.75) is 53.2 Å². The second kappa shape index (κ2) is 6.04. The van der Waals surface area contributed by atoms with Crippen LogP contribution >= 0.6 is 0 Å². The van der Waals surface area contributed by atoms with Crippen molar-refractivity contribution in [1.29, 1.82) is 0 Å². The van der Waals surface area contributed by atoms with E-state index in [1.807, 2.05) is 12.4 Å². The van der Waals surface area contributed by atoms with Gasteiger partial charge in [0.25, 0.3) is 0 Å². The molecule has 0 amide bonds. The summed E-state index contributed by atoms with van der Waals surface area (Å²) in [5, 5.41) is 10.1. The molecule has 0 saturated heterocycles. The third kappa shape index (κ3) is 3.34. The Labute approximate surface area is 98.5 Å². The first-order chi connectivity index (χ1) is 7.56. The van der Waals surface area contributed by atoms with Gasteiger partial charge in [-0.25, -0.2) is 4.98 Å². The Kier molecular flexibility index (Phi) is 5.00. The first-order valence-corrected chi connectivity index (χ1v) is 6.24. The quantitative estimate of drug-likeness (QED) is 0.806. The Hall–Kier alpha value is -0.830. The maximum atomic E-state index is 10.1. The summed E-state index contributed by atoms with van der Waals surface area (Å²) in [5.41, 5.74) is 0. The first kappa shape index (κ1) is 13.2. The van der Waals surface area contributed by atoms with Crippen LogP contribution in [0, 0.1) is 11.8 Å². The standard InChI is InChI=1S/C13H24N2O/c1-5-7-15-8-6-14-13(15)9-12(16)11(4)10(2)3/h6,8,10-12,16H,5,7,9H2,1-4H3. The van der Waals surface area contributed by atoms with Crippen molar-refractivity contribution in [3.63, 3.8) is 0 Å². The molecule has 1 aromatic rings. The van der Waals surface area contributed by atoms with Gasteiger partial charge in [0.05, 0.1) is 6.10 Å². The van der Waals surface area contributed by atoms with Crippen molar-refractivity contribution in [2.24, 2.45) is 11.8 Å². The van der Waals surface area contributed by atoms with Crippen LogP contribution in [0.4, 0.5) is 0 Å². The molecule has 0 aliphatic carbocycles. The predicted molar refractivity (Wildman–Crippen MR) is 66.2 cm³/mol. The zero-order valence-electron chi connectivity index (χ0n) is 10.8. The Morgan fingerprint density at radius 2 is 2.06 bits per heavy atom. The van der Waals surface area contributed by atoms with Crippen molar-refractivity contribution in [3.05, 3.63) is 18.2 Å². The van der Waals surface area contributed by atoms with E-state index in [9.17, 15) is 5.11 Å². The third-order valence-corrected chi connectivity index (χ3v) is 3.32. The number of aryl methyl sites for hydroxylation is 1. The molecule has 0 aliphatic heterocycles. The number of rotatable bonds is 6. The van der Waals surface area contributed by atoms with Crippen molar-refractivity contribution in [3.8, 4) is 0 Å². The second-order valence-electron chi connectivity index (χ2n) is 4.91. The fourth-order valence-corrected chi connectivity index (χ4v) is 1.79. The van der Waals surface area contributed by atoms with Crippen LogP contribution in [0.15, 0.2) is 12.4 Å². The van der Waals surface area contributed by atoms with Crippen molar-refractivity contribution in [2.75, 3.05) is 0 Å². The highest BCUT2D eigenvalue weighted by Crippen LogP contribution is 2.17. The fourth-order valence-electron chi connectivity index (χ4n) is 1.79. The second-order valence-corrected chi connectivity index (χ2v) is 4.91. The van der Waals surface area contributed by atoms with Gasteiger partial charge in [-0.2, -0.15) is 0 Å². The van der Waals surface area contributed by atoms with Crippen LogP contribution in [0.3, 0.4) is 0 Å². The molecule has 92 valence electrons. The lowest BCUT2D eigenvalue weighted by Crippen LogP contribution is -2.26. The fraction of sp³-hybridized carbons (Fsp3) is 0.769. The van der Waals surface area contributed by atoms with Crippen molar-refractivity contribution in [1.82, 2.24) is 9.55 Å². The van der Waals surface area contributed by atoms with Crippen molar-refractivity contribution < 1.29 is 5.11 Å². The lowest BCUT2D eigenvalue weighted by Gasteiger charge is -2.22. The normalized spacial score (nSPS) is 15.4. The van der Waals surface area contributed by atoms with Crippen LogP contribution in [-0.4, -0.2) is 20.8 Å². The predicted octanol–water partition coefficient (Wildman–Crippen LogP) is 2.49. The number of nitrogens with zero attached hydrogens (tertiary/aromatic N) is 2. The maximum absolute atomic E-state index is 10.1. The molecule has 1 heterocycles. The van der Waals surface area contributed by atoms with Gasteiger partial charge in [-0.05, 0) is 18.3 Å². The van der Waals surface area contributed by atoms with Crippen molar-refractivity contribution >= 4 is 0 Å². The summed E-state index contributed by atoms with van der Waals surface area (Å²) in [4.78, 5) is 4.32. The molecule has 0 bridgehead atoms. The highest BCUT2D eigenvalue weighted by Gasteiger charge is 2.19. The smallest absolute Gasteiger partial charge is 0.111 e. The molecule has 0 fully saturated rings. The zero-order valence-corrected chi connectivity index (χ0v) is 10.8. The molecule has 0 aromatic carbocycles. The van der Waals surface area contributed by atoms with Crippen LogP contribution in [0.2, 0.25) is 0 Å². The summed E-state index contributed by atoms with van der Waals surface area (Å²) >= 11 is 0. The third-order valence-electron chi connectivity index (χ3n) is 3.32. The maximum Gasteiger partial charge on any atom is 0.111 e. The average molecular weight is 224 g/mol. The Morgan fingerprint density at radius 1 is 1.38 bits per heavy atom. The molecule has 0 spiro atoms. The van der Waals surface area contributed by atoms with Gasteiger partial charge in [-0.1, -0.05) is 27.7 Å². The zero-order chi connectivity index (χ0) is 12.1. The topological polar surface area (TPSA) is 38.0 Å². The lowest BCUT2D eigenvalue weighted by atomic mass is 9.90. The van der Waals surface area contributed by atoms with Gasteiger partial charge in [-0.3, -0.25) is 0 Å². The van der Waals surface area contributed by atoms with E-state index in [0.29, 0.717) is 18.3 Å². The molecule has 0 saturated carbocycles. The van der Waals surface area contributed by atoms with Crippen LogP contribution in [0.25, 0.3) is 0 Å². The number of hydrogen-bond donors (Lipinski definition) is 1. The summed E-state index contributed by atoms with van der Waals surface area (Å²) in [7, 11) is 0. The van der Waals surface area contributed by atoms with Gasteiger partial charge in [0, 0.05) is 25.4 Å². The molecule has 3 nitrogen and oxygen atoms in total. The minimum atomic E-state index is -0.294. The number of aromatic nitrogens is 2. The Morgan fingerprint density at radius 3 is 2.62 bits per heavy atom. The summed E-state index contributed by atoms with van der Waals surface area (Å²) < 4.78 is 2.14. The molecule has 1 rings (SSSR count). The highest BCUT2D eigenvalue weighted by atomic mass is 16.3. The van der Waals surface area contributed by atoms with Gasteiger partial charge in [0.15, 0.2) is 0 Å². The molecular weight excluding hydrogens is 200 g/mol. The van der Waals surface area contributed by atoms with E-state index in [4.69, 9.17) is 0 Å². The van der Waals surface area contributed by atoms with E-state index in [2.05, 4.69) is 37.2 Å². The van der Waals surface area contributed by atoms with E-state index >= 15 is 0 Å². The van der Waals surface area contributed by atoms with Gasteiger partial charge < -0.3 is 9.67 Å². The number of imidazole rings is 1. The molecule has 2 atom stereocenters. The molecule has 1 aromatic heterocycles. The first-order valence-electron chi connectivity index (χ1n) is 6.24. The van der Waals surface area contributed by atoms with Gasteiger partial charge in [-0.15, -0.1) is 0 Å². The van der Waals surface area contributed by atoms with Crippen LogP contribution in [-0.2, 0) is 13.0 Å². The SMILES string of the molecule is CCCn1ccnc1CC(O)C(C)C(C)C. The minimum Gasteiger partial charge on any atom is -0.392 e. The molecular formula is C13H24N2O. The molecule has 0 aliphatic rings. The monoisotopic (exact) mass is 224 g/mol. The molecule has 1 N–H and O–H groups in total. The van der Waals surface area contributed by atoms with Gasteiger partial charge in [0.1, 0.15) is 5.82 Å². The van der Waals surface area contributed by atoms with E-state index in [1.54, 1.807) is 0 Å². The summed E-state index contributed by atoms with van der Waals surface area (Å²) in [6.45, 7) is 9.52. The molecule has 16 heavy (non-hydrogen) atoms. The Balaban J connectivity index is 2.61. The minimum absolute atomic E-state index is 0.294. The Bertz CT molecular complexity index is 307. The van der Waals surface area contributed by atoms with E-state index in [-0.39, 0.29) is 6.10 Å². The summed E-state index contributed by atoms with van der Waals surface area (Å²) in [5.74, 6) is 1.82. The van der Waals surface area contributed by atoms with Crippen LogP contribution < -0.4 is 0 Å². The van der Waals surface area contributed by atoms with Crippen LogP contribution in [0.1, 0.15) is 39.9 Å². The average Bonchev–Trinajstić information content (AvgIpc) is 2.65. The van der Waals surface area contributed by atoms with Gasteiger partial charge in [0.2, 0.25) is 0 Å². The lowest BCUT2D eigenvalue weighted by molar-refractivity contribution is 0.0894. The largest absolute Gasteiger partial charge is 0.392 e. The summed E-state index contributed by atoms with van der Waals surface area (Å²) in [6, 6.07) is 0. The summed E-state index contributed by atoms with van der Waals surface area (Å²) in [6.07, 6.45) is 5.27. The molecule has 2 unspecified atom stereocenters. The number of aliphatic hydroxyl groups excluding tert-OH is 1. The number of hydrogen-bond acceptors (Lipinski definition) is 2. The highest BCUT2D eigenvalue weighted by molar-refractivity contribution is 4.95. The van der Waals surface area contributed by atoms with Crippen LogP contribution in [0.5, 0.6) is 0 Å².